The number of benzene rings is 1. The quantitative estimate of drug-likeness (QED) is 0.336. The number of nitrogens with two attached hydrogens (primary N) is 1. The number of fused-ring (bicyclic) bond motifs is 1. The SMILES string of the molecule is NNc1ccc(-c2nc3conc3n2-c2cc(F)c(F)cc2F)cn1. The lowest BCUT2D eigenvalue weighted by Gasteiger charge is -2.10. The molecule has 0 fully saturated rings. The molecule has 3 heterocycles. The normalized spacial score (nSPS) is 11.2. The van der Waals surface area contributed by atoms with E-state index in [0.717, 1.165) is 6.07 Å². The van der Waals surface area contributed by atoms with E-state index in [1.54, 1.807) is 12.1 Å². The van der Waals surface area contributed by atoms with Crippen molar-refractivity contribution in [1.29, 1.82) is 0 Å². The molecule has 0 aliphatic rings. The third-order valence-electron chi connectivity index (χ3n) is 3.58. The largest absolute Gasteiger partial charge is 0.360 e. The Kier molecular flexibility index (Phi) is 3.39. The fraction of sp³-hybridized carbons (Fsp3) is 0. The Labute approximate surface area is 137 Å². The summed E-state index contributed by atoms with van der Waals surface area (Å²) in [5.41, 5.74) is 3.08. The second-order valence-corrected chi connectivity index (χ2v) is 5.09. The van der Waals surface area contributed by atoms with Gasteiger partial charge in [-0.05, 0) is 12.1 Å². The topological polar surface area (TPSA) is 94.8 Å². The lowest BCUT2D eigenvalue weighted by atomic mass is 10.2. The fourth-order valence-corrected chi connectivity index (χ4v) is 2.44. The summed E-state index contributed by atoms with van der Waals surface area (Å²) < 4.78 is 47.2. The van der Waals surface area contributed by atoms with Gasteiger partial charge in [0.25, 0.3) is 0 Å². The number of nitrogen functional groups attached to an aromatic ring is 1. The van der Waals surface area contributed by atoms with Crippen LogP contribution in [0, 0.1) is 17.5 Å². The van der Waals surface area contributed by atoms with Gasteiger partial charge in [-0.15, -0.1) is 0 Å². The number of hydrogen-bond acceptors (Lipinski definition) is 6. The Balaban J connectivity index is 1.99. The molecule has 4 rings (SSSR count). The number of nitrogens with one attached hydrogen (secondary N) is 1. The van der Waals surface area contributed by atoms with E-state index in [9.17, 15) is 13.2 Å². The van der Waals surface area contributed by atoms with E-state index in [-0.39, 0.29) is 17.2 Å². The van der Waals surface area contributed by atoms with E-state index >= 15 is 0 Å². The summed E-state index contributed by atoms with van der Waals surface area (Å²) in [4.78, 5) is 8.36. The molecule has 10 heteroatoms. The van der Waals surface area contributed by atoms with Gasteiger partial charge in [-0.25, -0.2) is 29.0 Å². The van der Waals surface area contributed by atoms with Gasteiger partial charge < -0.3 is 9.95 Å². The van der Waals surface area contributed by atoms with E-state index < -0.39 is 17.5 Å². The Morgan fingerprint density at radius 1 is 1.08 bits per heavy atom. The molecule has 0 radical (unpaired) electrons. The molecule has 0 amide bonds. The van der Waals surface area contributed by atoms with Crippen molar-refractivity contribution in [2.24, 2.45) is 5.84 Å². The maximum atomic E-state index is 14.3. The highest BCUT2D eigenvalue weighted by Gasteiger charge is 2.21. The predicted molar refractivity (Wildman–Crippen MR) is 82.0 cm³/mol. The summed E-state index contributed by atoms with van der Waals surface area (Å²) in [6.45, 7) is 0. The lowest BCUT2D eigenvalue weighted by molar-refractivity contribution is 0.424. The molecule has 25 heavy (non-hydrogen) atoms. The molecule has 0 spiro atoms. The minimum atomic E-state index is -1.29. The van der Waals surface area contributed by atoms with E-state index in [2.05, 4.69) is 20.6 Å². The van der Waals surface area contributed by atoms with Crippen molar-refractivity contribution in [3.63, 3.8) is 0 Å². The Bertz CT molecular complexity index is 1070. The molecule has 0 unspecified atom stereocenters. The number of pyridine rings is 1. The van der Waals surface area contributed by atoms with Crippen LogP contribution in [0.5, 0.6) is 0 Å². The van der Waals surface area contributed by atoms with Gasteiger partial charge in [-0.2, -0.15) is 0 Å². The maximum absolute atomic E-state index is 14.3. The molecule has 0 saturated heterocycles. The second-order valence-electron chi connectivity index (χ2n) is 5.09. The van der Waals surface area contributed by atoms with Crippen molar-refractivity contribution >= 4 is 17.0 Å². The van der Waals surface area contributed by atoms with E-state index in [4.69, 9.17) is 10.4 Å². The Hall–Kier alpha value is -3.40. The molecular formula is C15H9F3N6O. The number of anilines is 1. The van der Waals surface area contributed by atoms with Crippen molar-refractivity contribution in [1.82, 2.24) is 19.7 Å². The third-order valence-corrected chi connectivity index (χ3v) is 3.58. The predicted octanol–water partition coefficient (Wildman–Crippen LogP) is 2.78. The molecule has 126 valence electrons. The minimum Gasteiger partial charge on any atom is -0.360 e. The van der Waals surface area contributed by atoms with E-state index in [0.29, 0.717) is 23.0 Å². The number of hydrogen-bond donors (Lipinski definition) is 2. The van der Waals surface area contributed by atoms with Crippen LogP contribution in [0.4, 0.5) is 19.0 Å². The fourth-order valence-electron chi connectivity index (χ4n) is 2.44. The van der Waals surface area contributed by atoms with Crippen molar-refractivity contribution < 1.29 is 17.7 Å². The summed E-state index contributed by atoms with van der Waals surface area (Å²) in [5.74, 6) is 2.44. The van der Waals surface area contributed by atoms with Crippen LogP contribution in [0.2, 0.25) is 0 Å². The van der Waals surface area contributed by atoms with Crippen molar-refractivity contribution in [2.75, 3.05) is 5.43 Å². The lowest BCUT2D eigenvalue weighted by Crippen LogP contribution is -2.08. The molecule has 3 N–H and O–H groups in total. The first-order chi connectivity index (χ1) is 12.1. The van der Waals surface area contributed by atoms with E-state index in [1.807, 2.05) is 0 Å². The molecule has 0 aliphatic heterocycles. The number of aromatic nitrogens is 4. The van der Waals surface area contributed by atoms with Gasteiger partial charge in [0.05, 0.1) is 5.69 Å². The minimum absolute atomic E-state index is 0.154. The number of halogens is 3. The summed E-state index contributed by atoms with van der Waals surface area (Å²) in [7, 11) is 0. The number of imidazole rings is 1. The van der Waals surface area contributed by atoms with Gasteiger partial charge in [0.1, 0.15) is 23.0 Å². The van der Waals surface area contributed by atoms with Crippen LogP contribution in [0.3, 0.4) is 0 Å². The van der Waals surface area contributed by atoms with Gasteiger partial charge in [-0.1, -0.05) is 5.16 Å². The molecule has 1 aromatic carbocycles. The summed E-state index contributed by atoms with van der Waals surface area (Å²) >= 11 is 0. The Morgan fingerprint density at radius 3 is 2.60 bits per heavy atom. The molecule has 3 aromatic heterocycles. The van der Waals surface area contributed by atoms with Crippen LogP contribution in [0.25, 0.3) is 28.2 Å². The van der Waals surface area contributed by atoms with Crippen LogP contribution in [-0.4, -0.2) is 19.7 Å². The molecule has 0 bridgehead atoms. The molecule has 4 aromatic rings. The zero-order valence-corrected chi connectivity index (χ0v) is 12.4. The summed E-state index contributed by atoms with van der Waals surface area (Å²) in [5, 5.41) is 3.76. The van der Waals surface area contributed by atoms with Crippen LogP contribution in [0.15, 0.2) is 41.2 Å². The average Bonchev–Trinajstić information content (AvgIpc) is 3.19. The van der Waals surface area contributed by atoms with Crippen LogP contribution < -0.4 is 11.3 Å². The zero-order valence-electron chi connectivity index (χ0n) is 12.4. The van der Waals surface area contributed by atoms with Gasteiger partial charge >= 0.3 is 0 Å². The van der Waals surface area contributed by atoms with Gasteiger partial charge in [0.15, 0.2) is 17.9 Å². The van der Waals surface area contributed by atoms with Crippen LogP contribution in [-0.2, 0) is 0 Å². The van der Waals surface area contributed by atoms with Crippen LogP contribution in [0.1, 0.15) is 0 Å². The summed E-state index contributed by atoms with van der Waals surface area (Å²) in [6, 6.07) is 4.40. The smallest absolute Gasteiger partial charge is 0.208 e. The molecule has 7 nitrogen and oxygen atoms in total. The third kappa shape index (κ3) is 2.39. The molecule has 0 saturated carbocycles. The Morgan fingerprint density at radius 2 is 1.88 bits per heavy atom. The van der Waals surface area contributed by atoms with Crippen molar-refractivity contribution in [2.45, 2.75) is 0 Å². The van der Waals surface area contributed by atoms with Gasteiger partial charge in [0, 0.05) is 23.9 Å². The second kappa shape index (κ2) is 5.60. The monoisotopic (exact) mass is 346 g/mol. The van der Waals surface area contributed by atoms with Gasteiger partial charge in [-0.3, -0.25) is 4.57 Å². The van der Waals surface area contributed by atoms with Crippen LogP contribution >= 0.6 is 0 Å². The average molecular weight is 346 g/mol. The number of hydrazine groups is 1. The molecular weight excluding hydrogens is 337 g/mol. The first-order valence-corrected chi connectivity index (χ1v) is 6.99. The maximum Gasteiger partial charge on any atom is 0.208 e. The number of nitrogens with zero attached hydrogens (tertiary/aromatic N) is 4. The first-order valence-electron chi connectivity index (χ1n) is 6.99. The summed E-state index contributed by atoms with van der Waals surface area (Å²) in [6.07, 6.45) is 2.71. The highest BCUT2D eigenvalue weighted by atomic mass is 19.2. The van der Waals surface area contributed by atoms with Crippen molar-refractivity contribution in [3.05, 3.63) is 54.2 Å². The van der Waals surface area contributed by atoms with E-state index in [1.165, 1.54) is 17.0 Å². The molecule has 0 atom stereocenters. The standard InChI is InChI=1S/C15H9F3N6O/c16-8-3-10(18)12(4-9(8)17)24-14(21-11-6-25-23-15(11)24)7-1-2-13(22-19)20-5-7/h1-6H,19H2,(H,20,22). The first kappa shape index (κ1) is 15.1. The zero-order chi connectivity index (χ0) is 17.6. The van der Waals surface area contributed by atoms with Crippen molar-refractivity contribution in [3.8, 4) is 17.1 Å². The number of rotatable bonds is 3. The highest BCUT2D eigenvalue weighted by Crippen LogP contribution is 2.30. The molecule has 0 aliphatic carbocycles. The highest BCUT2D eigenvalue weighted by molar-refractivity contribution is 5.79. The van der Waals surface area contributed by atoms with Gasteiger partial charge in [0.2, 0.25) is 5.65 Å².